The number of esters is 1. The molecule has 4 nitrogen and oxygen atoms in total. The van der Waals surface area contributed by atoms with Crippen LogP contribution in [0.4, 0.5) is 0 Å². The number of cyclic esters (lactones) is 1. The average molecular weight is 309 g/mol. The first-order valence-electron chi connectivity index (χ1n) is 7.72. The average Bonchev–Trinajstić information content (AvgIpc) is 2.88. The minimum Gasteiger partial charge on any atom is -0.435 e. The molecule has 3 rings (SSSR count). The highest BCUT2D eigenvalue weighted by Gasteiger charge is 2.53. The Kier molecular flexibility index (Phi) is 3.90. The highest BCUT2D eigenvalue weighted by atomic mass is 16.6. The van der Waals surface area contributed by atoms with Gasteiger partial charge in [0, 0.05) is 11.1 Å². The third-order valence-corrected chi connectivity index (χ3v) is 4.44. The summed E-state index contributed by atoms with van der Waals surface area (Å²) in [6.07, 6.45) is -0.199. The number of ether oxygens (including phenoxy) is 1. The van der Waals surface area contributed by atoms with Crippen molar-refractivity contribution in [2.45, 2.75) is 32.0 Å². The molecule has 1 amide bonds. The fraction of sp³-hybridized carbons (Fsp3) is 0.263. The summed E-state index contributed by atoms with van der Waals surface area (Å²) in [6.45, 7) is 3.65. The Labute approximate surface area is 135 Å². The first kappa shape index (κ1) is 15.3. The molecule has 118 valence electrons. The van der Waals surface area contributed by atoms with Gasteiger partial charge in [-0.2, -0.15) is 0 Å². The van der Waals surface area contributed by atoms with Gasteiger partial charge in [0.15, 0.2) is 0 Å². The van der Waals surface area contributed by atoms with Crippen LogP contribution in [0.5, 0.6) is 0 Å². The van der Waals surface area contributed by atoms with Gasteiger partial charge in [0.1, 0.15) is 5.54 Å². The topological polar surface area (TPSA) is 46.6 Å². The molecule has 4 heteroatoms. The third kappa shape index (κ3) is 2.50. The van der Waals surface area contributed by atoms with E-state index in [1.54, 1.807) is 24.0 Å². The molecule has 0 aliphatic carbocycles. The fourth-order valence-corrected chi connectivity index (χ4v) is 2.84. The number of hydrogen-bond donors (Lipinski definition) is 0. The standard InChI is InChI=1S/C19H19NO3/c1-3-19(2)18(22)23-17(15-12-8-5-9-13-15)20(19)16(21)14-10-6-4-7-11-14/h4-13,17H,3H2,1-2H3. The molecule has 0 saturated carbocycles. The predicted octanol–water partition coefficient (Wildman–Crippen LogP) is 3.55. The Hall–Kier alpha value is -2.62. The van der Waals surface area contributed by atoms with E-state index in [4.69, 9.17) is 4.74 Å². The van der Waals surface area contributed by atoms with Crippen LogP contribution in [0, 0.1) is 0 Å². The van der Waals surface area contributed by atoms with Crippen LogP contribution in [-0.4, -0.2) is 22.3 Å². The molecule has 2 aromatic carbocycles. The van der Waals surface area contributed by atoms with Crippen molar-refractivity contribution in [1.29, 1.82) is 0 Å². The van der Waals surface area contributed by atoms with E-state index in [0.29, 0.717) is 12.0 Å². The third-order valence-electron chi connectivity index (χ3n) is 4.44. The Morgan fingerprint density at radius 2 is 1.65 bits per heavy atom. The van der Waals surface area contributed by atoms with E-state index in [2.05, 4.69) is 0 Å². The summed E-state index contributed by atoms with van der Waals surface area (Å²) < 4.78 is 5.58. The van der Waals surface area contributed by atoms with Crippen molar-refractivity contribution in [1.82, 2.24) is 4.90 Å². The van der Waals surface area contributed by atoms with Crippen molar-refractivity contribution in [3.8, 4) is 0 Å². The molecule has 0 bridgehead atoms. The SMILES string of the molecule is CCC1(C)C(=O)OC(c2ccccc2)N1C(=O)c1ccccc1. The van der Waals surface area contributed by atoms with Gasteiger partial charge in [-0.25, -0.2) is 4.79 Å². The molecule has 0 aromatic heterocycles. The molecule has 2 atom stereocenters. The highest BCUT2D eigenvalue weighted by Crippen LogP contribution is 2.40. The maximum absolute atomic E-state index is 13.0. The molecule has 1 aliphatic rings. The largest absolute Gasteiger partial charge is 0.435 e. The highest BCUT2D eigenvalue weighted by molar-refractivity contribution is 5.99. The summed E-state index contributed by atoms with van der Waals surface area (Å²) in [7, 11) is 0. The van der Waals surface area contributed by atoms with E-state index >= 15 is 0 Å². The normalized spacial score (nSPS) is 23.7. The predicted molar refractivity (Wildman–Crippen MR) is 86.6 cm³/mol. The maximum atomic E-state index is 13.0. The van der Waals surface area contributed by atoms with Crippen molar-refractivity contribution in [3.05, 3.63) is 71.8 Å². The smallest absolute Gasteiger partial charge is 0.334 e. The van der Waals surface area contributed by atoms with E-state index in [0.717, 1.165) is 5.56 Å². The quantitative estimate of drug-likeness (QED) is 0.815. The molecular weight excluding hydrogens is 290 g/mol. The van der Waals surface area contributed by atoms with Gasteiger partial charge in [0.05, 0.1) is 0 Å². The number of amides is 1. The molecule has 0 N–H and O–H groups in total. The molecule has 2 aromatic rings. The monoisotopic (exact) mass is 309 g/mol. The van der Waals surface area contributed by atoms with E-state index < -0.39 is 11.8 Å². The number of rotatable bonds is 3. The fourth-order valence-electron chi connectivity index (χ4n) is 2.84. The Bertz CT molecular complexity index is 714. The summed E-state index contributed by atoms with van der Waals surface area (Å²) in [4.78, 5) is 27.1. The summed E-state index contributed by atoms with van der Waals surface area (Å²) in [6, 6.07) is 18.4. The van der Waals surface area contributed by atoms with Crippen molar-refractivity contribution < 1.29 is 14.3 Å². The van der Waals surface area contributed by atoms with Crippen molar-refractivity contribution in [3.63, 3.8) is 0 Å². The van der Waals surface area contributed by atoms with Crippen LogP contribution in [-0.2, 0) is 9.53 Å². The van der Waals surface area contributed by atoms with Crippen LogP contribution in [0.2, 0.25) is 0 Å². The number of nitrogens with zero attached hydrogens (tertiary/aromatic N) is 1. The van der Waals surface area contributed by atoms with Gasteiger partial charge in [-0.05, 0) is 25.5 Å². The summed E-state index contributed by atoms with van der Waals surface area (Å²) in [5.41, 5.74) is 0.377. The lowest BCUT2D eigenvalue weighted by Crippen LogP contribution is -2.49. The zero-order chi connectivity index (χ0) is 16.4. The molecule has 1 heterocycles. The lowest BCUT2D eigenvalue weighted by atomic mass is 9.96. The van der Waals surface area contributed by atoms with E-state index in [1.807, 2.05) is 55.5 Å². The molecule has 1 saturated heterocycles. The van der Waals surface area contributed by atoms with E-state index in [9.17, 15) is 9.59 Å². The van der Waals surface area contributed by atoms with Crippen molar-refractivity contribution in [2.24, 2.45) is 0 Å². The number of hydrogen-bond acceptors (Lipinski definition) is 3. The van der Waals surface area contributed by atoms with Gasteiger partial charge in [0.2, 0.25) is 6.23 Å². The zero-order valence-corrected chi connectivity index (χ0v) is 13.2. The van der Waals surface area contributed by atoms with Crippen LogP contribution < -0.4 is 0 Å². The molecule has 0 spiro atoms. The van der Waals surface area contributed by atoms with Crippen LogP contribution in [0.1, 0.15) is 42.4 Å². The summed E-state index contributed by atoms with van der Waals surface area (Å²) >= 11 is 0. The number of carbonyl (C=O) groups is 2. The second-order valence-electron chi connectivity index (χ2n) is 5.84. The lowest BCUT2D eigenvalue weighted by Gasteiger charge is -2.33. The molecule has 2 unspecified atom stereocenters. The Morgan fingerprint density at radius 1 is 1.09 bits per heavy atom. The first-order chi connectivity index (χ1) is 11.1. The number of benzene rings is 2. The molecule has 23 heavy (non-hydrogen) atoms. The van der Waals surface area contributed by atoms with Crippen molar-refractivity contribution >= 4 is 11.9 Å². The van der Waals surface area contributed by atoms with Gasteiger partial charge in [-0.1, -0.05) is 55.5 Å². The second kappa shape index (κ2) is 5.88. The van der Waals surface area contributed by atoms with Crippen LogP contribution in [0.3, 0.4) is 0 Å². The van der Waals surface area contributed by atoms with Gasteiger partial charge < -0.3 is 4.74 Å². The molecule has 0 radical (unpaired) electrons. The number of carbonyl (C=O) groups excluding carboxylic acids is 2. The van der Waals surface area contributed by atoms with Crippen molar-refractivity contribution in [2.75, 3.05) is 0 Å². The molecule has 1 aliphatic heterocycles. The van der Waals surface area contributed by atoms with E-state index in [1.165, 1.54) is 0 Å². The molecule has 1 fully saturated rings. The van der Waals surface area contributed by atoms with Crippen LogP contribution in [0.25, 0.3) is 0 Å². The molecular formula is C19H19NO3. The van der Waals surface area contributed by atoms with Crippen LogP contribution >= 0.6 is 0 Å². The Morgan fingerprint density at radius 3 is 2.22 bits per heavy atom. The lowest BCUT2D eigenvalue weighted by molar-refractivity contribution is -0.145. The Balaban J connectivity index is 2.07. The van der Waals surface area contributed by atoms with E-state index in [-0.39, 0.29) is 11.9 Å². The van der Waals surface area contributed by atoms with Crippen LogP contribution in [0.15, 0.2) is 60.7 Å². The minimum atomic E-state index is -0.965. The van der Waals surface area contributed by atoms with Gasteiger partial charge in [-0.3, -0.25) is 9.69 Å². The van der Waals surface area contributed by atoms with Gasteiger partial charge >= 0.3 is 5.97 Å². The summed E-state index contributed by atoms with van der Waals surface area (Å²) in [5, 5.41) is 0. The minimum absolute atomic E-state index is 0.199. The zero-order valence-electron chi connectivity index (χ0n) is 13.2. The second-order valence-corrected chi connectivity index (χ2v) is 5.84. The van der Waals surface area contributed by atoms with Gasteiger partial charge in [-0.15, -0.1) is 0 Å². The maximum Gasteiger partial charge on any atom is 0.334 e. The first-order valence-corrected chi connectivity index (χ1v) is 7.72. The van der Waals surface area contributed by atoms with Gasteiger partial charge in [0.25, 0.3) is 5.91 Å². The summed E-state index contributed by atoms with van der Waals surface area (Å²) in [5.74, 6) is -0.562.